The van der Waals surface area contributed by atoms with Crippen LogP contribution in [0.4, 0.5) is 0 Å². The van der Waals surface area contributed by atoms with E-state index in [1.807, 2.05) is 0 Å². The number of nitrogens with zero attached hydrogens (tertiary/aromatic N) is 1. The Morgan fingerprint density at radius 1 is 1.38 bits per heavy atom. The molecule has 7 heteroatoms. The molecule has 0 radical (unpaired) electrons. The predicted molar refractivity (Wildman–Crippen MR) is 81.8 cm³/mol. The number of aliphatic hydroxyl groups excluding tert-OH is 1. The summed E-state index contributed by atoms with van der Waals surface area (Å²) < 4.78 is 28.5. The van der Waals surface area contributed by atoms with Crippen LogP contribution in [0.15, 0.2) is 41.4 Å². The van der Waals surface area contributed by atoms with E-state index < -0.39 is 16.1 Å². The molecular weight excluding hydrogens is 312 g/mol. The Bertz CT molecular complexity index is 740. The van der Waals surface area contributed by atoms with Crippen molar-refractivity contribution >= 4 is 21.6 Å². The summed E-state index contributed by atoms with van der Waals surface area (Å²) in [6.07, 6.45) is 0.869. The second kappa shape index (κ2) is 6.19. The first-order valence-corrected chi connectivity index (χ1v) is 8.22. The quantitative estimate of drug-likeness (QED) is 0.882. The van der Waals surface area contributed by atoms with Crippen LogP contribution in [0.1, 0.15) is 17.4 Å². The molecule has 1 aromatic carbocycles. The van der Waals surface area contributed by atoms with Crippen LogP contribution in [0, 0.1) is 6.92 Å². The van der Waals surface area contributed by atoms with E-state index in [-0.39, 0.29) is 11.4 Å². The summed E-state index contributed by atoms with van der Waals surface area (Å²) in [5, 5.41) is 10.4. The van der Waals surface area contributed by atoms with E-state index in [1.165, 1.54) is 12.1 Å². The van der Waals surface area contributed by atoms with Crippen LogP contribution in [-0.4, -0.2) is 24.6 Å². The Morgan fingerprint density at radius 3 is 2.67 bits per heavy atom. The molecular formula is C14H17ClN2O3S. The molecule has 0 aliphatic heterocycles. The lowest BCUT2D eigenvalue weighted by Crippen LogP contribution is -2.29. The number of aromatic nitrogens is 1. The monoisotopic (exact) mass is 328 g/mol. The molecule has 2 rings (SSSR count). The molecule has 0 saturated heterocycles. The summed E-state index contributed by atoms with van der Waals surface area (Å²) in [5.41, 5.74) is 1.44. The molecule has 21 heavy (non-hydrogen) atoms. The molecule has 0 fully saturated rings. The van der Waals surface area contributed by atoms with Crippen LogP contribution < -0.4 is 4.72 Å². The molecule has 0 saturated carbocycles. The Labute approximate surface area is 129 Å². The second-order valence-corrected chi connectivity index (χ2v) is 7.00. The molecule has 0 amide bonds. The molecule has 0 aliphatic rings. The van der Waals surface area contributed by atoms with Crippen molar-refractivity contribution in [2.45, 2.75) is 17.9 Å². The van der Waals surface area contributed by atoms with E-state index in [1.54, 1.807) is 42.9 Å². The highest BCUT2D eigenvalue weighted by molar-refractivity contribution is 7.89. The number of rotatable bonds is 5. The molecule has 5 nitrogen and oxygen atoms in total. The largest absolute Gasteiger partial charge is 0.386 e. The lowest BCUT2D eigenvalue weighted by molar-refractivity contribution is 0.173. The van der Waals surface area contributed by atoms with E-state index in [2.05, 4.69) is 4.72 Å². The summed E-state index contributed by atoms with van der Waals surface area (Å²) in [7, 11) is -1.92. The van der Waals surface area contributed by atoms with Gasteiger partial charge >= 0.3 is 0 Å². The fraction of sp³-hybridized carbons (Fsp3) is 0.286. The molecule has 2 aromatic rings. The maximum atomic E-state index is 12.2. The number of nitrogens with one attached hydrogen (secondary N) is 1. The first kappa shape index (κ1) is 16.0. The smallest absolute Gasteiger partial charge is 0.240 e. The molecule has 0 bridgehead atoms. The fourth-order valence-corrected chi connectivity index (χ4v) is 3.25. The van der Waals surface area contributed by atoms with Crippen molar-refractivity contribution in [3.8, 4) is 0 Å². The van der Waals surface area contributed by atoms with Gasteiger partial charge in [0.15, 0.2) is 0 Å². The first-order valence-electron chi connectivity index (χ1n) is 6.36. The van der Waals surface area contributed by atoms with Gasteiger partial charge in [0, 0.05) is 30.5 Å². The Hall–Kier alpha value is -1.34. The lowest BCUT2D eigenvalue weighted by atomic mass is 10.2. The minimum Gasteiger partial charge on any atom is -0.386 e. The van der Waals surface area contributed by atoms with Gasteiger partial charge in [-0.3, -0.25) is 0 Å². The van der Waals surface area contributed by atoms with Gasteiger partial charge in [-0.25, -0.2) is 13.1 Å². The summed E-state index contributed by atoms with van der Waals surface area (Å²) in [5.74, 6) is 0. The average molecular weight is 329 g/mol. The number of hydrogen-bond donors (Lipinski definition) is 2. The van der Waals surface area contributed by atoms with Crippen LogP contribution in [-0.2, 0) is 17.1 Å². The van der Waals surface area contributed by atoms with Crippen molar-refractivity contribution in [2.24, 2.45) is 7.05 Å². The zero-order valence-electron chi connectivity index (χ0n) is 11.7. The zero-order valence-corrected chi connectivity index (χ0v) is 13.3. The van der Waals surface area contributed by atoms with Crippen LogP contribution in [0.25, 0.3) is 0 Å². The maximum absolute atomic E-state index is 12.2. The number of aryl methyl sites for hydroxylation is 2. The standard InChI is InChI=1S/C14H17ClN2O3S/c1-10-5-6-11(8-12(10)15)21(19,20)16-9-14(18)13-4-3-7-17(13)2/h3-8,14,16,18H,9H2,1-2H3. The van der Waals surface area contributed by atoms with Gasteiger partial charge in [0.2, 0.25) is 10.0 Å². The van der Waals surface area contributed by atoms with E-state index in [0.717, 1.165) is 5.56 Å². The molecule has 2 N–H and O–H groups in total. The predicted octanol–water partition coefficient (Wildman–Crippen LogP) is 2.00. The van der Waals surface area contributed by atoms with Crippen molar-refractivity contribution in [3.05, 3.63) is 52.8 Å². The van der Waals surface area contributed by atoms with Crippen LogP contribution in [0.2, 0.25) is 5.02 Å². The van der Waals surface area contributed by atoms with Crippen LogP contribution >= 0.6 is 11.6 Å². The van der Waals surface area contributed by atoms with Gasteiger partial charge in [0.25, 0.3) is 0 Å². The highest BCUT2D eigenvalue weighted by atomic mass is 35.5. The van der Waals surface area contributed by atoms with Crippen LogP contribution in [0.5, 0.6) is 0 Å². The number of halogens is 1. The van der Waals surface area contributed by atoms with E-state index >= 15 is 0 Å². The number of hydrogen-bond acceptors (Lipinski definition) is 3. The van der Waals surface area contributed by atoms with Crippen molar-refractivity contribution in [3.63, 3.8) is 0 Å². The van der Waals surface area contributed by atoms with E-state index in [4.69, 9.17) is 11.6 Å². The molecule has 1 heterocycles. The molecule has 0 aliphatic carbocycles. The molecule has 1 unspecified atom stereocenters. The van der Waals surface area contributed by atoms with Gasteiger partial charge in [0.1, 0.15) is 6.10 Å². The van der Waals surface area contributed by atoms with Crippen molar-refractivity contribution in [1.29, 1.82) is 0 Å². The zero-order chi connectivity index (χ0) is 15.6. The Kier molecular flexibility index (Phi) is 4.73. The maximum Gasteiger partial charge on any atom is 0.240 e. The topological polar surface area (TPSA) is 71.3 Å². The van der Waals surface area contributed by atoms with Gasteiger partial charge in [-0.05, 0) is 36.8 Å². The summed E-state index contributed by atoms with van der Waals surface area (Å²) in [4.78, 5) is 0.0807. The van der Waals surface area contributed by atoms with Crippen molar-refractivity contribution in [2.75, 3.05) is 6.54 Å². The third kappa shape index (κ3) is 3.65. The van der Waals surface area contributed by atoms with Crippen molar-refractivity contribution in [1.82, 2.24) is 9.29 Å². The molecule has 114 valence electrons. The summed E-state index contributed by atoms with van der Waals surface area (Å²) >= 11 is 5.94. The minimum absolute atomic E-state index is 0.0807. The third-order valence-corrected chi connectivity index (χ3v) is 5.07. The highest BCUT2D eigenvalue weighted by Crippen LogP contribution is 2.20. The molecule has 1 atom stereocenters. The summed E-state index contributed by atoms with van der Waals surface area (Å²) in [6.45, 7) is 1.69. The molecule has 1 aromatic heterocycles. The lowest BCUT2D eigenvalue weighted by Gasteiger charge is -2.13. The van der Waals surface area contributed by atoms with Crippen LogP contribution in [0.3, 0.4) is 0 Å². The second-order valence-electron chi connectivity index (χ2n) is 4.82. The SMILES string of the molecule is Cc1ccc(S(=O)(=O)NCC(O)c2cccn2C)cc1Cl. The van der Waals surface area contributed by atoms with E-state index in [0.29, 0.717) is 10.7 Å². The Morgan fingerprint density at radius 2 is 2.10 bits per heavy atom. The Balaban J connectivity index is 2.11. The number of aliphatic hydroxyl groups is 1. The van der Waals surface area contributed by atoms with Crippen molar-refractivity contribution < 1.29 is 13.5 Å². The van der Waals surface area contributed by atoms with Gasteiger partial charge in [-0.15, -0.1) is 0 Å². The van der Waals surface area contributed by atoms with Gasteiger partial charge in [-0.1, -0.05) is 17.7 Å². The third-order valence-electron chi connectivity index (χ3n) is 3.25. The van der Waals surface area contributed by atoms with Gasteiger partial charge < -0.3 is 9.67 Å². The number of sulfonamides is 1. The van der Waals surface area contributed by atoms with E-state index in [9.17, 15) is 13.5 Å². The normalized spacial score (nSPS) is 13.3. The minimum atomic E-state index is -3.70. The first-order chi connectivity index (χ1) is 9.81. The highest BCUT2D eigenvalue weighted by Gasteiger charge is 2.18. The number of benzene rings is 1. The fourth-order valence-electron chi connectivity index (χ4n) is 1.94. The van der Waals surface area contributed by atoms with Gasteiger partial charge in [-0.2, -0.15) is 0 Å². The van der Waals surface area contributed by atoms with Gasteiger partial charge in [0.05, 0.1) is 4.90 Å². The average Bonchev–Trinajstić information content (AvgIpc) is 2.85. The summed E-state index contributed by atoms with van der Waals surface area (Å²) in [6, 6.07) is 8.05. The molecule has 0 spiro atoms.